The van der Waals surface area contributed by atoms with Crippen LogP contribution in [0.3, 0.4) is 0 Å². The summed E-state index contributed by atoms with van der Waals surface area (Å²) in [5.74, 6) is 0.0638. The predicted molar refractivity (Wildman–Crippen MR) is 121 cm³/mol. The first-order chi connectivity index (χ1) is 13.7. The third-order valence-electron chi connectivity index (χ3n) is 7.04. The lowest BCUT2D eigenvalue weighted by Gasteiger charge is -2.38. The van der Waals surface area contributed by atoms with Crippen molar-refractivity contribution in [1.29, 1.82) is 0 Å². The first kappa shape index (κ1) is 23.3. The highest BCUT2D eigenvalue weighted by Gasteiger charge is 2.42. The Labute approximate surface area is 189 Å². The van der Waals surface area contributed by atoms with E-state index in [9.17, 15) is 4.79 Å². The number of hydrogen-bond donors (Lipinski definition) is 1. The first-order valence-electron chi connectivity index (χ1n) is 10.6. The molecular formula is C21H31Cl2N5O2. The maximum Gasteiger partial charge on any atom is 0.255 e. The van der Waals surface area contributed by atoms with Gasteiger partial charge in [0.05, 0.1) is 24.6 Å². The molecule has 166 valence electrons. The number of amides is 1. The number of hydrogen-bond acceptors (Lipinski definition) is 5. The van der Waals surface area contributed by atoms with Gasteiger partial charge < -0.3 is 19.9 Å². The summed E-state index contributed by atoms with van der Waals surface area (Å²) >= 11 is 0. The molecule has 3 aliphatic rings. The average Bonchev–Trinajstić information content (AvgIpc) is 3.47. The largest absolute Gasteiger partial charge is 0.376 e. The second-order valence-electron chi connectivity index (χ2n) is 8.82. The minimum atomic E-state index is 0. The van der Waals surface area contributed by atoms with E-state index in [1.807, 2.05) is 17.3 Å². The van der Waals surface area contributed by atoms with Crippen LogP contribution in [0.4, 0.5) is 0 Å². The molecule has 1 amide bonds. The number of carbonyl (C=O) groups is 1. The molecule has 1 saturated carbocycles. The molecule has 2 aromatic rings. The molecule has 4 heterocycles. The number of ether oxygens (including phenoxy) is 1. The first-order valence-corrected chi connectivity index (χ1v) is 10.6. The van der Waals surface area contributed by atoms with Gasteiger partial charge in [-0.2, -0.15) is 0 Å². The van der Waals surface area contributed by atoms with Gasteiger partial charge in [-0.15, -0.1) is 24.8 Å². The summed E-state index contributed by atoms with van der Waals surface area (Å²) in [6.45, 7) is 2.91. The number of carbonyl (C=O) groups excluding carboxylic acids is 1. The average molecular weight is 456 g/mol. The van der Waals surface area contributed by atoms with E-state index in [1.54, 1.807) is 6.20 Å². The number of halogens is 2. The Balaban J connectivity index is 0.00000128. The van der Waals surface area contributed by atoms with Gasteiger partial charge in [0, 0.05) is 31.9 Å². The molecule has 1 unspecified atom stereocenters. The maximum absolute atomic E-state index is 13.0. The molecule has 2 aliphatic heterocycles. The maximum atomic E-state index is 13.0. The quantitative estimate of drug-likeness (QED) is 0.766. The Morgan fingerprint density at radius 2 is 1.93 bits per heavy atom. The molecule has 9 heteroatoms. The topological polar surface area (TPSA) is 86.3 Å². The summed E-state index contributed by atoms with van der Waals surface area (Å²) in [4.78, 5) is 24.1. The van der Waals surface area contributed by atoms with Crippen LogP contribution in [0.2, 0.25) is 0 Å². The third kappa shape index (κ3) is 4.17. The molecular weight excluding hydrogens is 425 g/mol. The zero-order chi connectivity index (χ0) is 19.1. The van der Waals surface area contributed by atoms with E-state index in [1.165, 1.54) is 25.7 Å². The van der Waals surface area contributed by atoms with Gasteiger partial charge in [0.2, 0.25) is 0 Å². The zero-order valence-corrected chi connectivity index (χ0v) is 18.8. The van der Waals surface area contributed by atoms with E-state index in [-0.39, 0.29) is 42.2 Å². The zero-order valence-electron chi connectivity index (χ0n) is 17.2. The monoisotopic (exact) mass is 455 g/mol. The number of fused-ring (bicyclic) bond motifs is 1. The summed E-state index contributed by atoms with van der Waals surface area (Å²) in [7, 11) is 0. The van der Waals surface area contributed by atoms with Crippen molar-refractivity contribution in [3.8, 4) is 0 Å². The smallest absolute Gasteiger partial charge is 0.255 e. The van der Waals surface area contributed by atoms with Gasteiger partial charge >= 0.3 is 0 Å². The Morgan fingerprint density at radius 1 is 1.20 bits per heavy atom. The standard InChI is InChI=1S/C21H29N5O2.2ClH/c22-11-17-10-21(13-28-17)5-7-25(8-6-21)20(27)15-9-18-19(23-12-15)26(14-24-18)16-3-1-2-4-16;;/h9,12,14,16-17H,1-8,10-11,13,22H2;2*1H. The lowest BCUT2D eigenvalue weighted by molar-refractivity contribution is 0.0501. The van der Waals surface area contributed by atoms with Crippen LogP contribution in [0.15, 0.2) is 18.6 Å². The molecule has 1 aliphatic carbocycles. The summed E-state index contributed by atoms with van der Waals surface area (Å²) < 4.78 is 8.01. The lowest BCUT2D eigenvalue weighted by atomic mass is 9.76. The second-order valence-corrected chi connectivity index (χ2v) is 8.82. The van der Waals surface area contributed by atoms with Gasteiger partial charge in [-0.05, 0) is 43.6 Å². The molecule has 7 nitrogen and oxygen atoms in total. The minimum Gasteiger partial charge on any atom is -0.376 e. The molecule has 5 rings (SSSR count). The number of nitrogens with zero attached hydrogens (tertiary/aromatic N) is 4. The van der Waals surface area contributed by atoms with Crippen LogP contribution < -0.4 is 5.73 Å². The van der Waals surface area contributed by atoms with Crippen LogP contribution in [-0.4, -0.2) is 57.7 Å². The number of likely N-dealkylation sites (tertiary alicyclic amines) is 1. The second kappa shape index (κ2) is 9.39. The van der Waals surface area contributed by atoms with E-state index in [0.29, 0.717) is 18.2 Å². The van der Waals surface area contributed by atoms with Gasteiger partial charge in [0.15, 0.2) is 5.65 Å². The van der Waals surface area contributed by atoms with Crippen molar-refractivity contribution in [3.05, 3.63) is 24.2 Å². The van der Waals surface area contributed by atoms with Crippen LogP contribution in [0.5, 0.6) is 0 Å². The molecule has 2 aromatic heterocycles. The van der Waals surface area contributed by atoms with Crippen molar-refractivity contribution < 1.29 is 9.53 Å². The SMILES string of the molecule is Cl.Cl.NCC1CC2(CCN(C(=O)c3cnc4c(c3)ncn4C3CCCC3)CC2)CO1. The van der Waals surface area contributed by atoms with E-state index in [4.69, 9.17) is 10.5 Å². The van der Waals surface area contributed by atoms with E-state index >= 15 is 0 Å². The molecule has 3 fully saturated rings. The van der Waals surface area contributed by atoms with Crippen molar-refractivity contribution in [3.63, 3.8) is 0 Å². The number of pyridine rings is 1. The molecule has 0 bridgehead atoms. The van der Waals surface area contributed by atoms with Crippen molar-refractivity contribution in [1.82, 2.24) is 19.4 Å². The molecule has 1 spiro atoms. The van der Waals surface area contributed by atoms with Gasteiger partial charge in [-0.25, -0.2) is 9.97 Å². The highest BCUT2D eigenvalue weighted by Crippen LogP contribution is 2.42. The fraction of sp³-hybridized carbons (Fsp3) is 0.667. The summed E-state index contributed by atoms with van der Waals surface area (Å²) in [5, 5.41) is 0. The van der Waals surface area contributed by atoms with Crippen LogP contribution >= 0.6 is 24.8 Å². The number of nitrogens with two attached hydrogens (primary N) is 1. The third-order valence-corrected chi connectivity index (χ3v) is 7.04. The van der Waals surface area contributed by atoms with Gasteiger partial charge in [-0.1, -0.05) is 12.8 Å². The Hall–Kier alpha value is -1.41. The molecule has 2 saturated heterocycles. The number of imidazole rings is 1. The Kier molecular flexibility index (Phi) is 7.28. The lowest BCUT2D eigenvalue weighted by Crippen LogP contribution is -2.43. The van der Waals surface area contributed by atoms with Gasteiger partial charge in [-0.3, -0.25) is 4.79 Å². The molecule has 0 aromatic carbocycles. The van der Waals surface area contributed by atoms with Crippen molar-refractivity contribution in [2.24, 2.45) is 11.1 Å². The van der Waals surface area contributed by atoms with Crippen LogP contribution in [0.25, 0.3) is 11.2 Å². The number of rotatable bonds is 3. The molecule has 2 N–H and O–H groups in total. The van der Waals surface area contributed by atoms with Crippen LogP contribution in [-0.2, 0) is 4.74 Å². The van der Waals surface area contributed by atoms with Crippen molar-refractivity contribution in [2.75, 3.05) is 26.2 Å². The van der Waals surface area contributed by atoms with E-state index in [2.05, 4.69) is 14.5 Å². The Morgan fingerprint density at radius 3 is 2.60 bits per heavy atom. The fourth-order valence-electron chi connectivity index (χ4n) is 5.25. The van der Waals surface area contributed by atoms with Crippen molar-refractivity contribution in [2.45, 2.75) is 57.1 Å². The number of aromatic nitrogens is 3. The summed E-state index contributed by atoms with van der Waals surface area (Å²) in [6, 6.07) is 2.41. The summed E-state index contributed by atoms with van der Waals surface area (Å²) in [6.07, 6.45) is 11.7. The van der Waals surface area contributed by atoms with Gasteiger partial charge in [0.25, 0.3) is 5.91 Å². The molecule has 0 radical (unpaired) electrons. The molecule has 30 heavy (non-hydrogen) atoms. The fourth-order valence-corrected chi connectivity index (χ4v) is 5.25. The summed E-state index contributed by atoms with van der Waals surface area (Å²) in [5.41, 5.74) is 8.33. The minimum absolute atomic E-state index is 0. The van der Waals surface area contributed by atoms with E-state index < -0.39 is 0 Å². The predicted octanol–water partition coefficient (Wildman–Crippen LogP) is 3.36. The van der Waals surface area contributed by atoms with Crippen molar-refractivity contribution >= 4 is 41.9 Å². The highest BCUT2D eigenvalue weighted by molar-refractivity contribution is 5.96. The van der Waals surface area contributed by atoms with Crippen LogP contribution in [0, 0.1) is 5.41 Å². The van der Waals surface area contributed by atoms with Crippen LogP contribution in [0.1, 0.15) is 61.3 Å². The van der Waals surface area contributed by atoms with E-state index in [0.717, 1.165) is 50.1 Å². The Bertz CT molecular complexity index is 875. The number of piperidine rings is 1. The molecule has 1 atom stereocenters. The highest BCUT2D eigenvalue weighted by atomic mass is 35.5. The normalized spacial score (nSPS) is 23.5. The van der Waals surface area contributed by atoms with Gasteiger partial charge in [0.1, 0.15) is 5.52 Å².